The zero-order chi connectivity index (χ0) is 16.9. The number of carbonyl (C=O) groups is 3. The average Bonchev–Trinajstić information content (AvgIpc) is 3.31. The molecular weight excluding hydrogens is 328 g/mol. The van der Waals surface area contributed by atoms with Gasteiger partial charge in [-0.1, -0.05) is 6.07 Å². The molecule has 130 valence electrons. The monoisotopic (exact) mass is 350 g/mol. The quantitative estimate of drug-likeness (QED) is 0.778. The Morgan fingerprint density at radius 1 is 1.12 bits per heavy atom. The number of rotatable bonds is 4. The van der Waals surface area contributed by atoms with Gasteiger partial charge in [-0.05, 0) is 43.6 Å². The number of hydrogen-bond acceptors (Lipinski definition) is 5. The second-order valence-electron chi connectivity index (χ2n) is 6.18. The molecule has 3 rings (SSSR count). The number of likely N-dealkylation sites (tertiary alicyclic amines) is 2. The molecule has 3 heterocycles. The number of carbonyl (C=O) groups excluding carboxylic acids is 3. The van der Waals surface area contributed by atoms with Gasteiger partial charge < -0.3 is 14.5 Å². The van der Waals surface area contributed by atoms with E-state index in [0.717, 1.165) is 38.8 Å². The van der Waals surface area contributed by atoms with Crippen LogP contribution in [0.2, 0.25) is 0 Å². The van der Waals surface area contributed by atoms with Crippen molar-refractivity contribution in [2.75, 3.05) is 26.2 Å². The largest absolute Gasteiger partial charge is 0.454 e. The fourth-order valence-corrected chi connectivity index (χ4v) is 3.94. The van der Waals surface area contributed by atoms with Crippen LogP contribution in [0.3, 0.4) is 0 Å². The highest BCUT2D eigenvalue weighted by Crippen LogP contribution is 2.23. The van der Waals surface area contributed by atoms with E-state index in [9.17, 15) is 14.4 Å². The molecule has 7 heteroatoms. The van der Waals surface area contributed by atoms with Crippen LogP contribution in [0, 0.1) is 0 Å². The third-order valence-electron chi connectivity index (χ3n) is 4.56. The van der Waals surface area contributed by atoms with E-state index in [4.69, 9.17) is 4.74 Å². The lowest BCUT2D eigenvalue weighted by Gasteiger charge is -2.27. The van der Waals surface area contributed by atoms with Crippen LogP contribution in [0.1, 0.15) is 41.8 Å². The molecule has 6 nitrogen and oxygen atoms in total. The van der Waals surface area contributed by atoms with Crippen LogP contribution in [0.4, 0.5) is 0 Å². The summed E-state index contributed by atoms with van der Waals surface area (Å²) in [5, 5.41) is 1.84. The molecule has 1 atom stereocenters. The average molecular weight is 350 g/mol. The van der Waals surface area contributed by atoms with Crippen molar-refractivity contribution in [3.8, 4) is 0 Å². The first kappa shape index (κ1) is 17.0. The fraction of sp³-hybridized carbons (Fsp3) is 0.588. The molecule has 2 aliphatic heterocycles. The topological polar surface area (TPSA) is 66.9 Å². The summed E-state index contributed by atoms with van der Waals surface area (Å²) in [6, 6.07) is 3.00. The molecule has 1 aromatic rings. The lowest BCUT2D eigenvalue weighted by atomic mass is 10.1. The first-order chi connectivity index (χ1) is 11.7. The highest BCUT2D eigenvalue weighted by atomic mass is 32.1. The molecule has 0 aromatic carbocycles. The molecule has 0 spiro atoms. The minimum absolute atomic E-state index is 0.133. The number of thiophene rings is 1. The molecule has 2 aliphatic rings. The summed E-state index contributed by atoms with van der Waals surface area (Å²) in [7, 11) is 0. The summed E-state index contributed by atoms with van der Waals surface area (Å²) in [6.45, 7) is 1.80. The van der Waals surface area contributed by atoms with Crippen molar-refractivity contribution in [1.29, 1.82) is 0 Å². The molecular formula is C17H22N2O4S. The van der Waals surface area contributed by atoms with E-state index in [1.165, 1.54) is 11.3 Å². The van der Waals surface area contributed by atoms with Crippen molar-refractivity contribution in [2.45, 2.75) is 38.1 Å². The molecule has 1 aromatic heterocycles. The Bertz CT molecular complexity index is 596. The molecule has 0 aliphatic carbocycles. The molecule has 2 amide bonds. The van der Waals surface area contributed by atoms with Crippen LogP contribution in [0.5, 0.6) is 0 Å². The molecule has 1 unspecified atom stereocenters. The van der Waals surface area contributed by atoms with Crippen molar-refractivity contribution < 1.29 is 19.1 Å². The van der Waals surface area contributed by atoms with Crippen LogP contribution in [-0.4, -0.2) is 59.9 Å². The van der Waals surface area contributed by atoms with Gasteiger partial charge in [0.15, 0.2) is 6.61 Å². The van der Waals surface area contributed by atoms with Gasteiger partial charge in [0.2, 0.25) is 0 Å². The van der Waals surface area contributed by atoms with Crippen LogP contribution >= 0.6 is 11.3 Å². The first-order valence-corrected chi connectivity index (χ1v) is 9.33. The van der Waals surface area contributed by atoms with Gasteiger partial charge in [0.1, 0.15) is 6.04 Å². The van der Waals surface area contributed by atoms with E-state index in [-0.39, 0.29) is 18.4 Å². The predicted molar refractivity (Wildman–Crippen MR) is 89.8 cm³/mol. The maximum Gasteiger partial charge on any atom is 0.329 e. The van der Waals surface area contributed by atoms with Crippen molar-refractivity contribution in [1.82, 2.24) is 9.80 Å². The van der Waals surface area contributed by atoms with Gasteiger partial charge in [-0.2, -0.15) is 0 Å². The van der Waals surface area contributed by atoms with Crippen LogP contribution in [0.25, 0.3) is 0 Å². The van der Waals surface area contributed by atoms with Crippen molar-refractivity contribution in [2.24, 2.45) is 0 Å². The second-order valence-corrected chi connectivity index (χ2v) is 7.13. The van der Waals surface area contributed by atoms with Crippen molar-refractivity contribution in [3.05, 3.63) is 22.4 Å². The van der Waals surface area contributed by atoms with E-state index in [1.807, 2.05) is 11.4 Å². The number of nitrogens with zero attached hydrogens (tertiary/aromatic N) is 2. The first-order valence-electron chi connectivity index (χ1n) is 8.45. The Hall–Kier alpha value is -1.89. The summed E-state index contributed by atoms with van der Waals surface area (Å²) in [5.74, 6) is -0.744. The summed E-state index contributed by atoms with van der Waals surface area (Å²) in [4.78, 5) is 40.8. The van der Waals surface area contributed by atoms with E-state index in [0.29, 0.717) is 17.8 Å². The Labute approximate surface area is 145 Å². The normalized spacial score (nSPS) is 20.9. The third-order valence-corrected chi connectivity index (χ3v) is 5.42. The van der Waals surface area contributed by atoms with Gasteiger partial charge >= 0.3 is 5.97 Å². The number of amides is 2. The van der Waals surface area contributed by atoms with Crippen LogP contribution < -0.4 is 0 Å². The molecule has 24 heavy (non-hydrogen) atoms. The molecule has 0 bridgehead atoms. The van der Waals surface area contributed by atoms with Crippen molar-refractivity contribution >= 4 is 29.1 Å². The lowest BCUT2D eigenvalue weighted by molar-refractivity contribution is -0.155. The maximum atomic E-state index is 12.5. The SMILES string of the molecule is O=C(OCC(=O)N1CCCCC1)C1CCCN1C(=O)c1cccs1. The number of hydrogen-bond donors (Lipinski definition) is 0. The van der Waals surface area contributed by atoms with Gasteiger partial charge in [-0.25, -0.2) is 4.79 Å². The minimum Gasteiger partial charge on any atom is -0.454 e. The highest BCUT2D eigenvalue weighted by Gasteiger charge is 2.36. The smallest absolute Gasteiger partial charge is 0.329 e. The Morgan fingerprint density at radius 2 is 1.92 bits per heavy atom. The van der Waals surface area contributed by atoms with Gasteiger partial charge in [0.05, 0.1) is 4.88 Å². The third kappa shape index (κ3) is 3.77. The van der Waals surface area contributed by atoms with E-state index in [2.05, 4.69) is 0 Å². The number of piperidine rings is 1. The summed E-state index contributed by atoms with van der Waals surface area (Å²) >= 11 is 1.36. The van der Waals surface area contributed by atoms with Crippen LogP contribution in [-0.2, 0) is 14.3 Å². The molecule has 0 N–H and O–H groups in total. The van der Waals surface area contributed by atoms with Gasteiger partial charge in [0, 0.05) is 19.6 Å². The Balaban J connectivity index is 1.53. The van der Waals surface area contributed by atoms with Crippen LogP contribution in [0.15, 0.2) is 17.5 Å². The zero-order valence-corrected chi connectivity index (χ0v) is 14.4. The fourth-order valence-electron chi connectivity index (χ4n) is 3.26. The summed E-state index contributed by atoms with van der Waals surface area (Å²) in [6.07, 6.45) is 4.52. The second kappa shape index (κ2) is 7.79. The molecule has 2 fully saturated rings. The maximum absolute atomic E-state index is 12.5. The van der Waals surface area contributed by atoms with Crippen molar-refractivity contribution in [3.63, 3.8) is 0 Å². The van der Waals surface area contributed by atoms with Gasteiger partial charge in [-0.15, -0.1) is 11.3 Å². The Morgan fingerprint density at radius 3 is 2.62 bits per heavy atom. The zero-order valence-electron chi connectivity index (χ0n) is 13.6. The summed E-state index contributed by atoms with van der Waals surface area (Å²) < 4.78 is 5.22. The van der Waals surface area contributed by atoms with Gasteiger partial charge in [0.25, 0.3) is 11.8 Å². The predicted octanol–water partition coefficient (Wildman–Crippen LogP) is 1.91. The minimum atomic E-state index is -0.575. The summed E-state index contributed by atoms with van der Waals surface area (Å²) in [5.41, 5.74) is 0. The molecule has 0 radical (unpaired) electrons. The number of ether oxygens (including phenoxy) is 1. The highest BCUT2D eigenvalue weighted by molar-refractivity contribution is 7.12. The number of esters is 1. The molecule has 2 saturated heterocycles. The lowest BCUT2D eigenvalue weighted by Crippen LogP contribution is -2.43. The standard InChI is InChI=1S/C17H22N2O4S/c20-15(18-8-2-1-3-9-18)12-23-17(22)13-6-4-10-19(13)16(21)14-7-5-11-24-14/h5,7,11,13H,1-4,6,8-10,12H2. The van der Waals surface area contributed by atoms with E-state index >= 15 is 0 Å². The van der Waals surface area contributed by atoms with E-state index in [1.54, 1.807) is 15.9 Å². The Kier molecular flexibility index (Phi) is 5.50. The molecule has 0 saturated carbocycles. The van der Waals surface area contributed by atoms with E-state index < -0.39 is 12.0 Å². The van der Waals surface area contributed by atoms with Gasteiger partial charge in [-0.3, -0.25) is 9.59 Å².